The molecule has 6 heteroatoms. The van der Waals surface area contributed by atoms with Crippen LogP contribution < -0.4 is 5.32 Å². The standard InChI is InChI=1S/C21H21N5O/c1-14(2)19-13-27-20(23-19)16-10-6-7-11-17(16)24-21-25-18(12-22-26-21)15-8-4-3-5-9-15/h3-12,14,19H,13H2,1-2H3,(H,24,25,26)/t19-/m1/s1. The molecular formula is C21H21N5O. The van der Waals surface area contributed by atoms with Crippen LogP contribution in [0, 0.1) is 5.92 Å². The van der Waals surface area contributed by atoms with Crippen molar-refractivity contribution in [2.75, 3.05) is 11.9 Å². The fourth-order valence-corrected chi connectivity index (χ4v) is 2.88. The maximum atomic E-state index is 5.84. The molecule has 1 N–H and O–H groups in total. The maximum absolute atomic E-state index is 5.84. The van der Waals surface area contributed by atoms with E-state index >= 15 is 0 Å². The molecule has 136 valence electrons. The second-order valence-corrected chi connectivity index (χ2v) is 6.76. The van der Waals surface area contributed by atoms with E-state index in [-0.39, 0.29) is 6.04 Å². The zero-order chi connectivity index (χ0) is 18.6. The number of hydrogen-bond acceptors (Lipinski definition) is 6. The number of para-hydroxylation sites is 1. The van der Waals surface area contributed by atoms with Crippen LogP contribution in [0.2, 0.25) is 0 Å². The molecule has 1 aliphatic heterocycles. The van der Waals surface area contributed by atoms with Gasteiger partial charge in [-0.25, -0.2) is 9.98 Å². The minimum Gasteiger partial charge on any atom is -0.475 e. The number of aliphatic imine (C=N–C) groups is 1. The maximum Gasteiger partial charge on any atom is 0.247 e. The average Bonchev–Trinajstić information content (AvgIpc) is 3.20. The Morgan fingerprint density at radius 2 is 1.81 bits per heavy atom. The number of nitrogens with zero attached hydrogens (tertiary/aromatic N) is 4. The zero-order valence-corrected chi connectivity index (χ0v) is 15.3. The van der Waals surface area contributed by atoms with Crippen molar-refractivity contribution in [3.63, 3.8) is 0 Å². The lowest BCUT2D eigenvalue weighted by molar-refractivity contribution is 0.292. The number of ether oxygens (including phenoxy) is 1. The predicted molar refractivity (Wildman–Crippen MR) is 106 cm³/mol. The normalized spacial score (nSPS) is 16.1. The Labute approximate surface area is 158 Å². The molecule has 0 bridgehead atoms. The summed E-state index contributed by atoms with van der Waals surface area (Å²) in [5.74, 6) is 1.53. The van der Waals surface area contributed by atoms with Crippen molar-refractivity contribution in [3.05, 3.63) is 66.4 Å². The minimum atomic E-state index is 0.187. The van der Waals surface area contributed by atoms with Crippen LogP contribution in [0.15, 0.2) is 65.8 Å². The van der Waals surface area contributed by atoms with Gasteiger partial charge in [0.25, 0.3) is 0 Å². The van der Waals surface area contributed by atoms with Gasteiger partial charge in [0.2, 0.25) is 11.8 Å². The lowest BCUT2D eigenvalue weighted by Gasteiger charge is -2.10. The molecule has 2 heterocycles. The van der Waals surface area contributed by atoms with E-state index in [1.165, 1.54) is 0 Å². The number of hydrogen-bond donors (Lipinski definition) is 1. The lowest BCUT2D eigenvalue weighted by Crippen LogP contribution is -2.13. The van der Waals surface area contributed by atoms with Gasteiger partial charge in [-0.1, -0.05) is 56.3 Å². The van der Waals surface area contributed by atoms with Gasteiger partial charge in [-0.05, 0) is 18.1 Å². The predicted octanol–water partition coefficient (Wildman–Crippen LogP) is 4.08. The molecule has 1 atom stereocenters. The zero-order valence-electron chi connectivity index (χ0n) is 15.3. The number of aromatic nitrogens is 3. The van der Waals surface area contributed by atoms with Crippen LogP contribution in [-0.4, -0.2) is 33.7 Å². The molecule has 0 unspecified atom stereocenters. The van der Waals surface area contributed by atoms with E-state index in [9.17, 15) is 0 Å². The molecule has 0 amide bonds. The summed E-state index contributed by atoms with van der Waals surface area (Å²) in [6.45, 7) is 4.92. The monoisotopic (exact) mass is 359 g/mol. The van der Waals surface area contributed by atoms with Crippen LogP contribution in [0.4, 0.5) is 11.6 Å². The summed E-state index contributed by atoms with van der Waals surface area (Å²) in [4.78, 5) is 9.31. The van der Waals surface area contributed by atoms with Crippen molar-refractivity contribution >= 4 is 17.5 Å². The third-order valence-corrected chi connectivity index (χ3v) is 4.48. The van der Waals surface area contributed by atoms with Gasteiger partial charge in [0.05, 0.1) is 29.2 Å². The molecule has 0 saturated heterocycles. The van der Waals surface area contributed by atoms with Crippen molar-refractivity contribution in [2.24, 2.45) is 10.9 Å². The molecule has 6 nitrogen and oxygen atoms in total. The number of rotatable bonds is 5. The summed E-state index contributed by atoms with van der Waals surface area (Å²) in [5, 5.41) is 11.5. The van der Waals surface area contributed by atoms with E-state index in [1.54, 1.807) is 6.20 Å². The highest BCUT2D eigenvalue weighted by Gasteiger charge is 2.24. The highest BCUT2D eigenvalue weighted by Crippen LogP contribution is 2.25. The third kappa shape index (κ3) is 3.79. The number of benzene rings is 2. The Hall–Kier alpha value is -3.28. The van der Waals surface area contributed by atoms with Crippen LogP contribution in [0.5, 0.6) is 0 Å². The van der Waals surface area contributed by atoms with E-state index in [0.29, 0.717) is 24.4 Å². The van der Waals surface area contributed by atoms with Gasteiger partial charge in [-0.3, -0.25) is 0 Å². The summed E-state index contributed by atoms with van der Waals surface area (Å²) in [6.07, 6.45) is 1.66. The first kappa shape index (κ1) is 17.1. The summed E-state index contributed by atoms with van der Waals surface area (Å²) in [6, 6.07) is 18.0. The highest BCUT2D eigenvalue weighted by molar-refractivity contribution is 6.00. The van der Waals surface area contributed by atoms with Crippen molar-refractivity contribution in [1.82, 2.24) is 15.2 Å². The molecule has 3 aromatic rings. The molecule has 0 aliphatic carbocycles. The smallest absolute Gasteiger partial charge is 0.247 e. The summed E-state index contributed by atoms with van der Waals surface area (Å²) < 4.78 is 5.84. The molecule has 2 aromatic carbocycles. The molecule has 27 heavy (non-hydrogen) atoms. The molecule has 4 rings (SSSR count). The second-order valence-electron chi connectivity index (χ2n) is 6.76. The third-order valence-electron chi connectivity index (χ3n) is 4.48. The number of nitrogens with one attached hydrogen (secondary N) is 1. The van der Waals surface area contributed by atoms with Crippen LogP contribution in [0.3, 0.4) is 0 Å². The first-order valence-electron chi connectivity index (χ1n) is 9.03. The molecule has 1 aliphatic rings. The summed E-state index contributed by atoms with van der Waals surface area (Å²) in [7, 11) is 0. The molecule has 0 saturated carbocycles. The first-order chi connectivity index (χ1) is 13.2. The van der Waals surface area contributed by atoms with Gasteiger partial charge in [-0.2, -0.15) is 5.10 Å². The minimum absolute atomic E-state index is 0.187. The quantitative estimate of drug-likeness (QED) is 0.743. The van der Waals surface area contributed by atoms with E-state index in [0.717, 1.165) is 22.5 Å². The van der Waals surface area contributed by atoms with Crippen LogP contribution in [-0.2, 0) is 4.74 Å². The van der Waals surface area contributed by atoms with Gasteiger partial charge in [0, 0.05) is 5.56 Å². The van der Waals surface area contributed by atoms with Crippen molar-refractivity contribution < 1.29 is 4.74 Å². The Balaban J connectivity index is 1.62. The lowest BCUT2D eigenvalue weighted by atomic mass is 10.1. The Morgan fingerprint density at radius 3 is 2.59 bits per heavy atom. The average molecular weight is 359 g/mol. The Kier molecular flexibility index (Phi) is 4.78. The van der Waals surface area contributed by atoms with Gasteiger partial charge in [0.1, 0.15) is 6.61 Å². The van der Waals surface area contributed by atoms with Crippen LogP contribution in [0.1, 0.15) is 19.4 Å². The van der Waals surface area contributed by atoms with Gasteiger partial charge < -0.3 is 10.1 Å². The van der Waals surface area contributed by atoms with E-state index < -0.39 is 0 Å². The summed E-state index contributed by atoms with van der Waals surface area (Å²) >= 11 is 0. The SMILES string of the molecule is CC(C)[C@H]1COC(c2ccccc2Nc2nncc(-c3ccccc3)n2)=N1. The van der Waals surface area contributed by atoms with Gasteiger partial charge in [-0.15, -0.1) is 5.10 Å². The topological polar surface area (TPSA) is 72.3 Å². The fraction of sp³-hybridized carbons (Fsp3) is 0.238. The van der Waals surface area contributed by atoms with Crippen molar-refractivity contribution in [3.8, 4) is 11.3 Å². The van der Waals surface area contributed by atoms with E-state index in [4.69, 9.17) is 9.73 Å². The van der Waals surface area contributed by atoms with E-state index in [2.05, 4.69) is 34.3 Å². The molecular weight excluding hydrogens is 338 g/mol. The fourth-order valence-electron chi connectivity index (χ4n) is 2.88. The van der Waals surface area contributed by atoms with E-state index in [1.807, 2.05) is 54.6 Å². The highest BCUT2D eigenvalue weighted by atomic mass is 16.5. The summed E-state index contributed by atoms with van der Waals surface area (Å²) in [5.41, 5.74) is 3.49. The largest absolute Gasteiger partial charge is 0.475 e. The Bertz CT molecular complexity index is 956. The van der Waals surface area contributed by atoms with Crippen LogP contribution >= 0.6 is 0 Å². The first-order valence-corrected chi connectivity index (χ1v) is 9.03. The second kappa shape index (κ2) is 7.53. The van der Waals surface area contributed by atoms with Crippen LogP contribution in [0.25, 0.3) is 11.3 Å². The van der Waals surface area contributed by atoms with Crippen molar-refractivity contribution in [2.45, 2.75) is 19.9 Å². The molecule has 1 aromatic heterocycles. The molecule has 0 fully saturated rings. The molecule has 0 spiro atoms. The Morgan fingerprint density at radius 1 is 1.04 bits per heavy atom. The molecule has 0 radical (unpaired) electrons. The van der Waals surface area contributed by atoms with Gasteiger partial charge >= 0.3 is 0 Å². The van der Waals surface area contributed by atoms with Crippen molar-refractivity contribution in [1.29, 1.82) is 0 Å². The van der Waals surface area contributed by atoms with Gasteiger partial charge in [0.15, 0.2) is 0 Å². The number of anilines is 2.